The second kappa shape index (κ2) is 8.43. The molecule has 2 heterocycles. The highest BCUT2D eigenvalue weighted by molar-refractivity contribution is 5.84. The molecule has 0 bridgehead atoms. The third-order valence-corrected chi connectivity index (χ3v) is 5.09. The van der Waals surface area contributed by atoms with E-state index < -0.39 is 5.60 Å². The van der Waals surface area contributed by atoms with Gasteiger partial charge in [-0.2, -0.15) is 9.97 Å². The molecular formula is C21H30FN7O. The topological polar surface area (TPSA) is 114 Å². The molecule has 3 rings (SSSR count). The molecule has 0 spiro atoms. The van der Waals surface area contributed by atoms with E-state index in [2.05, 4.69) is 25.6 Å². The zero-order chi connectivity index (χ0) is 22.1. The van der Waals surface area contributed by atoms with Gasteiger partial charge in [-0.3, -0.25) is 0 Å². The molecule has 1 aromatic carbocycles. The first-order valence-electron chi connectivity index (χ1n) is 10.1. The number of hydrogen-bond acceptors (Lipinski definition) is 7. The first kappa shape index (κ1) is 21.8. The summed E-state index contributed by atoms with van der Waals surface area (Å²) in [6.45, 7) is 9.85. The highest BCUT2D eigenvalue weighted by atomic mass is 19.1. The van der Waals surface area contributed by atoms with Gasteiger partial charge in [0.1, 0.15) is 5.82 Å². The molecule has 2 aromatic heterocycles. The van der Waals surface area contributed by atoms with Crippen molar-refractivity contribution in [2.75, 3.05) is 16.4 Å². The summed E-state index contributed by atoms with van der Waals surface area (Å²) < 4.78 is 15.6. The zero-order valence-corrected chi connectivity index (χ0v) is 18.1. The van der Waals surface area contributed by atoms with Crippen molar-refractivity contribution in [2.45, 2.75) is 65.3 Å². The maximum absolute atomic E-state index is 13.6. The lowest BCUT2D eigenvalue weighted by Gasteiger charge is -2.29. The summed E-state index contributed by atoms with van der Waals surface area (Å²) in [4.78, 5) is 13.7. The summed E-state index contributed by atoms with van der Waals surface area (Å²) >= 11 is 0. The minimum Gasteiger partial charge on any atom is -0.398 e. The molecule has 1 atom stereocenters. The van der Waals surface area contributed by atoms with Crippen LogP contribution in [-0.2, 0) is 6.54 Å². The number of fused-ring (bicyclic) bond motifs is 1. The summed E-state index contributed by atoms with van der Waals surface area (Å²) in [6.07, 6.45) is 2.42. The van der Waals surface area contributed by atoms with Crippen LogP contribution < -0.4 is 16.4 Å². The van der Waals surface area contributed by atoms with Crippen molar-refractivity contribution in [3.63, 3.8) is 0 Å². The van der Waals surface area contributed by atoms with Crippen LogP contribution in [0.4, 0.5) is 21.8 Å². The average Bonchev–Trinajstić information content (AvgIpc) is 3.10. The van der Waals surface area contributed by atoms with Gasteiger partial charge >= 0.3 is 0 Å². The maximum Gasteiger partial charge on any atom is 0.227 e. The Labute approximate surface area is 175 Å². The molecule has 0 aliphatic carbocycles. The lowest BCUT2D eigenvalue weighted by molar-refractivity contribution is 0.0577. The fourth-order valence-electron chi connectivity index (χ4n) is 3.32. The fraction of sp³-hybridized carbons (Fsp3) is 0.476. The van der Waals surface area contributed by atoms with E-state index in [9.17, 15) is 9.50 Å². The predicted octanol–water partition coefficient (Wildman–Crippen LogP) is 3.70. The van der Waals surface area contributed by atoms with E-state index in [4.69, 9.17) is 5.73 Å². The number of aliphatic hydroxyl groups is 1. The first-order chi connectivity index (χ1) is 14.1. The second-order valence-corrected chi connectivity index (χ2v) is 8.27. The third-order valence-electron chi connectivity index (χ3n) is 5.09. The van der Waals surface area contributed by atoms with Crippen molar-refractivity contribution in [3.05, 3.63) is 35.9 Å². The molecule has 0 fully saturated rings. The van der Waals surface area contributed by atoms with Crippen LogP contribution in [0.2, 0.25) is 0 Å². The number of imidazole rings is 1. The van der Waals surface area contributed by atoms with Gasteiger partial charge in [-0.15, -0.1) is 0 Å². The number of benzene rings is 1. The fourth-order valence-corrected chi connectivity index (χ4v) is 3.32. The quantitative estimate of drug-likeness (QED) is 0.415. The lowest BCUT2D eigenvalue weighted by atomic mass is 9.97. The van der Waals surface area contributed by atoms with Crippen LogP contribution in [0.5, 0.6) is 0 Å². The number of nitrogen functional groups attached to an aromatic ring is 1. The van der Waals surface area contributed by atoms with Gasteiger partial charge in [0.15, 0.2) is 17.0 Å². The molecule has 3 aromatic rings. The standard InChI is InChI=1S/C21H30FN7O/c1-6-16(21(4,5)30)26-20-27-18(17-19(28-20)29(11-25-17)12(2)3)24-10-13-9-14(22)7-8-15(13)23/h7-9,11-12,16,30H,6,10,23H2,1-5H3,(H2,24,26,27,28). The molecule has 0 saturated carbocycles. The second-order valence-electron chi connectivity index (χ2n) is 8.27. The molecule has 0 saturated heterocycles. The Morgan fingerprint density at radius 2 is 2.00 bits per heavy atom. The molecule has 9 heteroatoms. The van der Waals surface area contributed by atoms with Gasteiger partial charge in [-0.05, 0) is 57.9 Å². The van der Waals surface area contributed by atoms with E-state index in [1.165, 1.54) is 18.2 Å². The molecule has 1 unspecified atom stereocenters. The van der Waals surface area contributed by atoms with E-state index in [0.717, 1.165) is 0 Å². The van der Waals surface area contributed by atoms with Crippen LogP contribution in [0, 0.1) is 5.82 Å². The average molecular weight is 416 g/mol. The largest absolute Gasteiger partial charge is 0.398 e. The molecule has 0 amide bonds. The molecular weight excluding hydrogens is 385 g/mol. The number of nitrogens with two attached hydrogens (primary N) is 1. The van der Waals surface area contributed by atoms with E-state index in [1.807, 2.05) is 25.3 Å². The van der Waals surface area contributed by atoms with Crippen LogP contribution in [0.25, 0.3) is 11.2 Å². The van der Waals surface area contributed by atoms with Crippen LogP contribution in [0.3, 0.4) is 0 Å². The Kier molecular flexibility index (Phi) is 6.12. The van der Waals surface area contributed by atoms with Crippen LogP contribution in [0.1, 0.15) is 52.6 Å². The summed E-state index contributed by atoms with van der Waals surface area (Å²) in [5.41, 5.74) is 7.43. The number of anilines is 3. The molecule has 5 N–H and O–H groups in total. The van der Waals surface area contributed by atoms with E-state index in [0.29, 0.717) is 40.6 Å². The lowest BCUT2D eigenvalue weighted by Crippen LogP contribution is -2.41. The minimum absolute atomic E-state index is 0.153. The smallest absolute Gasteiger partial charge is 0.227 e. The summed E-state index contributed by atoms with van der Waals surface area (Å²) in [5, 5.41) is 16.9. The highest BCUT2D eigenvalue weighted by Gasteiger charge is 2.26. The Bertz CT molecular complexity index is 1030. The highest BCUT2D eigenvalue weighted by Crippen LogP contribution is 2.26. The van der Waals surface area contributed by atoms with Gasteiger partial charge in [0, 0.05) is 18.3 Å². The van der Waals surface area contributed by atoms with Gasteiger partial charge in [0.2, 0.25) is 5.95 Å². The Hall–Kier alpha value is -2.94. The summed E-state index contributed by atoms with van der Waals surface area (Å²) in [5.74, 6) is 0.543. The van der Waals surface area contributed by atoms with Crippen LogP contribution in [-0.4, -0.2) is 36.3 Å². The van der Waals surface area contributed by atoms with Gasteiger partial charge in [-0.1, -0.05) is 6.92 Å². The number of rotatable bonds is 8. The SMILES string of the molecule is CCC(Nc1nc(NCc2cc(F)ccc2N)c2ncn(C(C)C)c2n1)C(C)(C)O. The normalized spacial score (nSPS) is 13.1. The molecule has 0 radical (unpaired) electrons. The van der Waals surface area contributed by atoms with E-state index in [-0.39, 0.29) is 24.4 Å². The number of aromatic nitrogens is 4. The molecule has 30 heavy (non-hydrogen) atoms. The van der Waals surface area contributed by atoms with Crippen molar-refractivity contribution < 1.29 is 9.50 Å². The summed E-state index contributed by atoms with van der Waals surface area (Å²) in [6, 6.07) is 4.18. The molecule has 0 aliphatic heterocycles. The molecule has 162 valence electrons. The summed E-state index contributed by atoms with van der Waals surface area (Å²) in [7, 11) is 0. The van der Waals surface area contributed by atoms with Gasteiger partial charge in [-0.25, -0.2) is 9.37 Å². The minimum atomic E-state index is -0.949. The number of nitrogens with zero attached hydrogens (tertiary/aromatic N) is 4. The monoisotopic (exact) mass is 415 g/mol. The number of hydrogen-bond donors (Lipinski definition) is 4. The van der Waals surface area contributed by atoms with Gasteiger partial charge < -0.3 is 26.0 Å². The molecule has 0 aliphatic rings. The Morgan fingerprint density at radius 1 is 1.27 bits per heavy atom. The molecule has 8 nitrogen and oxygen atoms in total. The van der Waals surface area contributed by atoms with Crippen LogP contribution >= 0.6 is 0 Å². The van der Waals surface area contributed by atoms with Crippen LogP contribution in [0.15, 0.2) is 24.5 Å². The van der Waals surface area contributed by atoms with Crippen molar-refractivity contribution >= 4 is 28.6 Å². The van der Waals surface area contributed by atoms with Crippen molar-refractivity contribution in [1.29, 1.82) is 0 Å². The Balaban J connectivity index is 2.00. The van der Waals surface area contributed by atoms with Crippen molar-refractivity contribution in [1.82, 2.24) is 19.5 Å². The third kappa shape index (κ3) is 4.62. The van der Waals surface area contributed by atoms with E-state index >= 15 is 0 Å². The Morgan fingerprint density at radius 3 is 2.63 bits per heavy atom. The number of nitrogens with one attached hydrogen (secondary N) is 2. The van der Waals surface area contributed by atoms with Crippen molar-refractivity contribution in [3.8, 4) is 0 Å². The zero-order valence-electron chi connectivity index (χ0n) is 18.1. The van der Waals surface area contributed by atoms with Crippen molar-refractivity contribution in [2.24, 2.45) is 0 Å². The first-order valence-corrected chi connectivity index (χ1v) is 10.1. The van der Waals surface area contributed by atoms with E-state index in [1.54, 1.807) is 20.2 Å². The predicted molar refractivity (Wildman–Crippen MR) is 118 cm³/mol. The van der Waals surface area contributed by atoms with Gasteiger partial charge in [0.25, 0.3) is 0 Å². The van der Waals surface area contributed by atoms with Gasteiger partial charge in [0.05, 0.1) is 18.0 Å². The maximum atomic E-state index is 13.6. The number of halogens is 1.